The minimum absolute atomic E-state index is 0.00659. The van der Waals surface area contributed by atoms with Crippen molar-refractivity contribution in [3.05, 3.63) is 82.8 Å². The largest absolute Gasteiger partial charge is 0.510 e. The van der Waals surface area contributed by atoms with Crippen molar-refractivity contribution in [3.63, 3.8) is 0 Å². The smallest absolute Gasteiger partial charge is 0.209 e. The number of ketones is 1. The van der Waals surface area contributed by atoms with E-state index in [0.717, 1.165) is 22.8 Å². The van der Waals surface area contributed by atoms with E-state index in [1.54, 1.807) is 0 Å². The van der Waals surface area contributed by atoms with Crippen LogP contribution in [0.2, 0.25) is 0 Å². The molecule has 4 heteroatoms. The van der Waals surface area contributed by atoms with Crippen LogP contribution in [0.1, 0.15) is 38.8 Å². The molecule has 1 aliphatic carbocycles. The molecule has 0 aromatic heterocycles. The fourth-order valence-electron chi connectivity index (χ4n) is 5.81. The molecule has 0 fully saturated rings. The van der Waals surface area contributed by atoms with E-state index in [0.29, 0.717) is 5.57 Å². The summed E-state index contributed by atoms with van der Waals surface area (Å²) in [5.41, 5.74) is 6.50. The lowest BCUT2D eigenvalue weighted by Gasteiger charge is -2.31. The molecular formula is C27H29N2O2+. The predicted molar refractivity (Wildman–Crippen MR) is 124 cm³/mol. The molecule has 0 radical (unpaired) electrons. The zero-order valence-corrected chi connectivity index (χ0v) is 19.0. The van der Waals surface area contributed by atoms with Gasteiger partial charge < -0.3 is 10.0 Å². The summed E-state index contributed by atoms with van der Waals surface area (Å²) < 4.78 is 2.08. The lowest BCUT2D eigenvalue weighted by atomic mass is 9.68. The van der Waals surface area contributed by atoms with Gasteiger partial charge in [0.1, 0.15) is 12.8 Å². The number of nitrogens with zero attached hydrogens (tertiary/aromatic N) is 2. The molecule has 0 bridgehead atoms. The SMILES string of the molecule is CN1/C(=C/C2=C(O)C(C3=[N+](C)c4ccccc4C3(C)C)C2=O)C(C)(C)c2ccccc21. The summed E-state index contributed by atoms with van der Waals surface area (Å²) in [5, 5.41) is 11.1. The highest BCUT2D eigenvalue weighted by atomic mass is 16.3. The van der Waals surface area contributed by atoms with E-state index >= 15 is 0 Å². The Morgan fingerprint density at radius 1 is 0.968 bits per heavy atom. The van der Waals surface area contributed by atoms with Crippen molar-refractivity contribution >= 4 is 22.9 Å². The van der Waals surface area contributed by atoms with Gasteiger partial charge in [-0.2, -0.15) is 0 Å². The maximum Gasteiger partial charge on any atom is 0.209 e. The summed E-state index contributed by atoms with van der Waals surface area (Å²) in [4.78, 5) is 15.5. The number of anilines is 1. The quantitative estimate of drug-likeness (QED) is 0.704. The number of carbonyl (C=O) groups excluding carboxylic acids is 1. The number of aliphatic hydroxyl groups excluding tert-OH is 1. The zero-order chi connectivity index (χ0) is 22.3. The number of para-hydroxylation sites is 2. The molecular weight excluding hydrogens is 384 g/mol. The third-order valence-corrected chi connectivity index (χ3v) is 7.51. The summed E-state index contributed by atoms with van der Waals surface area (Å²) in [5.74, 6) is -0.412. The van der Waals surface area contributed by atoms with Crippen LogP contribution < -0.4 is 4.90 Å². The molecule has 3 aliphatic rings. The standard InChI is InChI=1S/C27H28N2O2/c1-26(2)17-11-7-9-13-19(17)28(5)21(26)15-16-23(30)22(24(16)31)25-27(3,4)18-12-8-10-14-20(18)29(25)6/h7-15,22H,1-6H3/p+1/b21-15+. The van der Waals surface area contributed by atoms with Gasteiger partial charge in [0, 0.05) is 35.5 Å². The highest BCUT2D eigenvalue weighted by Crippen LogP contribution is 2.49. The Labute approximate surface area is 183 Å². The first-order valence-electron chi connectivity index (χ1n) is 10.8. The van der Waals surface area contributed by atoms with Crippen molar-refractivity contribution in [1.29, 1.82) is 0 Å². The molecule has 0 saturated heterocycles. The number of Topliss-reactive ketones (excluding diaryl/α,β-unsaturated/α-hetero) is 1. The molecule has 2 aliphatic heterocycles. The average molecular weight is 414 g/mol. The molecule has 2 heterocycles. The van der Waals surface area contributed by atoms with Gasteiger partial charge in [0.05, 0.1) is 11.0 Å². The lowest BCUT2D eigenvalue weighted by molar-refractivity contribution is -0.405. The molecule has 158 valence electrons. The predicted octanol–water partition coefficient (Wildman–Crippen LogP) is 5.02. The first-order valence-corrected chi connectivity index (χ1v) is 10.8. The van der Waals surface area contributed by atoms with Gasteiger partial charge in [-0.15, -0.1) is 0 Å². The fraction of sp³-hybridized carbons (Fsp3) is 0.333. The molecule has 1 unspecified atom stereocenters. The number of hydrogen-bond acceptors (Lipinski definition) is 3. The Balaban J connectivity index is 1.58. The van der Waals surface area contributed by atoms with Crippen LogP contribution in [0.25, 0.3) is 0 Å². The summed E-state index contributed by atoms with van der Waals surface area (Å²) in [6, 6.07) is 16.5. The van der Waals surface area contributed by atoms with Gasteiger partial charge in [-0.3, -0.25) is 4.79 Å². The van der Waals surface area contributed by atoms with Gasteiger partial charge in [0.2, 0.25) is 5.69 Å². The fourth-order valence-corrected chi connectivity index (χ4v) is 5.81. The van der Waals surface area contributed by atoms with Gasteiger partial charge in [-0.25, -0.2) is 4.58 Å². The Morgan fingerprint density at radius 3 is 2.19 bits per heavy atom. The third-order valence-electron chi connectivity index (χ3n) is 7.51. The monoisotopic (exact) mass is 413 g/mol. The minimum atomic E-state index is -0.587. The summed E-state index contributed by atoms with van der Waals surface area (Å²) in [7, 11) is 4.02. The molecule has 0 spiro atoms. The molecule has 1 atom stereocenters. The molecule has 4 nitrogen and oxygen atoms in total. The number of benzene rings is 2. The Morgan fingerprint density at radius 2 is 1.58 bits per heavy atom. The van der Waals surface area contributed by atoms with E-state index < -0.39 is 5.92 Å². The normalized spacial score (nSPS) is 24.6. The molecule has 0 amide bonds. The Kier molecular flexibility index (Phi) is 3.96. The topological polar surface area (TPSA) is 43.5 Å². The van der Waals surface area contributed by atoms with E-state index in [1.165, 1.54) is 11.1 Å². The highest BCUT2D eigenvalue weighted by molar-refractivity contribution is 6.23. The van der Waals surface area contributed by atoms with Crippen molar-refractivity contribution in [2.75, 3.05) is 19.0 Å². The second-order valence-electron chi connectivity index (χ2n) is 9.91. The number of allylic oxidation sites excluding steroid dienone is 4. The highest BCUT2D eigenvalue weighted by Gasteiger charge is 2.56. The summed E-state index contributed by atoms with van der Waals surface area (Å²) in [6.45, 7) is 8.59. The van der Waals surface area contributed by atoms with E-state index in [4.69, 9.17) is 0 Å². The molecule has 31 heavy (non-hydrogen) atoms. The Bertz CT molecular complexity index is 1240. The third kappa shape index (κ3) is 2.42. The maximum absolute atomic E-state index is 13.4. The van der Waals surface area contributed by atoms with E-state index in [9.17, 15) is 9.90 Å². The summed E-state index contributed by atoms with van der Waals surface area (Å²) in [6.07, 6.45) is 1.89. The van der Waals surface area contributed by atoms with Gasteiger partial charge in [0.25, 0.3) is 0 Å². The number of fused-ring (bicyclic) bond motifs is 2. The van der Waals surface area contributed by atoms with Crippen LogP contribution in [0, 0.1) is 5.92 Å². The number of rotatable bonds is 2. The van der Waals surface area contributed by atoms with Crippen molar-refractivity contribution < 1.29 is 14.5 Å². The summed E-state index contributed by atoms with van der Waals surface area (Å²) >= 11 is 0. The van der Waals surface area contributed by atoms with Gasteiger partial charge >= 0.3 is 0 Å². The lowest BCUT2D eigenvalue weighted by Crippen LogP contribution is -2.46. The van der Waals surface area contributed by atoms with E-state index in [2.05, 4.69) is 61.4 Å². The number of hydrogen-bond donors (Lipinski definition) is 1. The van der Waals surface area contributed by atoms with Crippen LogP contribution in [-0.2, 0) is 15.6 Å². The molecule has 1 N–H and O–H groups in total. The first-order chi connectivity index (χ1) is 14.6. The molecule has 2 aromatic carbocycles. The van der Waals surface area contributed by atoms with Crippen molar-refractivity contribution in [1.82, 2.24) is 0 Å². The van der Waals surface area contributed by atoms with Crippen molar-refractivity contribution in [2.24, 2.45) is 5.92 Å². The van der Waals surface area contributed by atoms with Crippen LogP contribution in [0.4, 0.5) is 11.4 Å². The second-order valence-corrected chi connectivity index (χ2v) is 9.91. The average Bonchev–Trinajstić information content (AvgIpc) is 3.06. The van der Waals surface area contributed by atoms with Crippen LogP contribution in [0.5, 0.6) is 0 Å². The first kappa shape index (κ1) is 19.8. The number of carbonyl (C=O) groups is 1. The van der Waals surface area contributed by atoms with Gasteiger partial charge in [0.15, 0.2) is 17.4 Å². The van der Waals surface area contributed by atoms with Crippen LogP contribution >= 0.6 is 0 Å². The number of likely N-dealkylation sites (N-methyl/N-ethyl adjacent to an activating group) is 1. The van der Waals surface area contributed by atoms with Gasteiger partial charge in [-0.1, -0.05) is 50.2 Å². The second kappa shape index (κ2) is 6.19. The molecule has 5 rings (SSSR count). The number of aliphatic hydroxyl groups is 1. The minimum Gasteiger partial charge on any atom is -0.510 e. The van der Waals surface area contributed by atoms with Crippen LogP contribution in [0.3, 0.4) is 0 Å². The van der Waals surface area contributed by atoms with Crippen molar-refractivity contribution in [3.8, 4) is 0 Å². The van der Waals surface area contributed by atoms with Crippen LogP contribution in [-0.4, -0.2) is 35.3 Å². The van der Waals surface area contributed by atoms with E-state index in [1.807, 2.05) is 44.4 Å². The Hall–Kier alpha value is -3.14. The van der Waals surface area contributed by atoms with Crippen LogP contribution in [0.15, 0.2) is 71.6 Å². The maximum atomic E-state index is 13.4. The molecule has 2 aromatic rings. The van der Waals surface area contributed by atoms with Gasteiger partial charge in [-0.05, 0) is 31.6 Å². The molecule has 0 saturated carbocycles. The van der Waals surface area contributed by atoms with Crippen molar-refractivity contribution in [2.45, 2.75) is 38.5 Å². The van der Waals surface area contributed by atoms with E-state index in [-0.39, 0.29) is 22.4 Å². The zero-order valence-electron chi connectivity index (χ0n) is 19.0.